The number of benzene rings is 4. The van der Waals surface area contributed by atoms with E-state index in [-0.39, 0.29) is 34.8 Å². The van der Waals surface area contributed by atoms with Gasteiger partial charge in [0.05, 0.1) is 34.2 Å². The minimum absolute atomic E-state index is 0.0951. The Bertz CT molecular complexity index is 2450. The van der Waals surface area contributed by atoms with Crippen LogP contribution in [-0.2, 0) is 0 Å². The molecule has 8 heterocycles. The van der Waals surface area contributed by atoms with Gasteiger partial charge in [-0.1, -0.05) is 87.4 Å². The van der Waals surface area contributed by atoms with Crippen molar-refractivity contribution in [2.24, 2.45) is 23.7 Å². The summed E-state index contributed by atoms with van der Waals surface area (Å²) in [6, 6.07) is 31.8. The first kappa shape index (κ1) is 37.6. The van der Waals surface area contributed by atoms with Gasteiger partial charge in [-0.2, -0.15) is 0 Å². The van der Waals surface area contributed by atoms with Crippen molar-refractivity contribution in [3.05, 3.63) is 143 Å². The molecule has 6 fully saturated rings. The molecule has 13 rings (SSSR count). The molecule has 2 aromatic heterocycles. The number of pyridine rings is 2. The summed E-state index contributed by atoms with van der Waals surface area (Å²) in [6.45, 7) is 8.73. The second kappa shape index (κ2) is 15.2. The summed E-state index contributed by atoms with van der Waals surface area (Å²) in [6.07, 6.45) is 9.68. The van der Waals surface area contributed by atoms with Crippen LogP contribution in [0.1, 0.15) is 108 Å². The Hall–Kier alpha value is -5.44. The summed E-state index contributed by atoms with van der Waals surface area (Å²) in [7, 11) is 0. The quantitative estimate of drug-likeness (QED) is 0.135. The lowest BCUT2D eigenvalue weighted by Crippen LogP contribution is -2.56. The normalized spacial score (nSPS) is 27.7. The molecule has 6 saturated heterocycles. The van der Waals surface area contributed by atoms with Gasteiger partial charge in [0.2, 0.25) is 0 Å². The van der Waals surface area contributed by atoms with Crippen molar-refractivity contribution in [2.45, 2.75) is 76.7 Å². The van der Waals surface area contributed by atoms with Gasteiger partial charge in [-0.05, 0) is 98.8 Å². The highest BCUT2D eigenvalue weighted by Gasteiger charge is 2.47. The average molecular weight is 797 g/mol. The van der Waals surface area contributed by atoms with Crippen LogP contribution in [0.3, 0.4) is 0 Å². The van der Waals surface area contributed by atoms with Crippen LogP contribution in [0.5, 0.6) is 11.5 Å². The van der Waals surface area contributed by atoms with Gasteiger partial charge in [-0.25, -0.2) is 0 Å². The molecule has 4 aromatic carbocycles. The van der Waals surface area contributed by atoms with E-state index in [1.54, 1.807) is 12.1 Å². The Morgan fingerprint density at radius 2 is 1.02 bits per heavy atom. The van der Waals surface area contributed by atoms with Gasteiger partial charge in [0.1, 0.15) is 23.7 Å². The van der Waals surface area contributed by atoms with E-state index in [1.807, 2.05) is 60.9 Å². The van der Waals surface area contributed by atoms with Crippen molar-refractivity contribution in [1.82, 2.24) is 19.8 Å². The molecular weight excluding hydrogens is 745 g/mol. The number of aromatic nitrogens is 2. The number of fused-ring (bicyclic) bond motifs is 10. The van der Waals surface area contributed by atoms with Crippen molar-refractivity contribution in [3.8, 4) is 11.5 Å². The summed E-state index contributed by atoms with van der Waals surface area (Å²) < 4.78 is 14.7. The molecule has 4 bridgehead atoms. The van der Waals surface area contributed by atoms with Gasteiger partial charge in [0.15, 0.2) is 11.6 Å². The molecule has 0 saturated carbocycles. The first-order valence-corrected chi connectivity index (χ1v) is 22.3. The first-order valence-electron chi connectivity index (χ1n) is 22.3. The highest BCUT2D eigenvalue weighted by Crippen LogP contribution is 2.49. The van der Waals surface area contributed by atoms with E-state index in [4.69, 9.17) is 19.4 Å². The fourth-order valence-electron chi connectivity index (χ4n) is 12.0. The minimum Gasteiger partial charge on any atom is -0.483 e. The van der Waals surface area contributed by atoms with Crippen molar-refractivity contribution in [2.75, 3.05) is 26.2 Å². The van der Waals surface area contributed by atoms with Gasteiger partial charge in [-0.15, -0.1) is 0 Å². The Kier molecular flexibility index (Phi) is 9.53. The molecule has 0 radical (unpaired) electrons. The lowest BCUT2D eigenvalue weighted by molar-refractivity contribution is -0.0493. The van der Waals surface area contributed by atoms with E-state index >= 15 is 9.59 Å². The summed E-state index contributed by atoms with van der Waals surface area (Å²) in [5.41, 5.74) is 5.28. The maximum absolute atomic E-state index is 15.0. The van der Waals surface area contributed by atoms with E-state index in [0.29, 0.717) is 46.3 Å². The number of rotatable bonds is 10. The molecular formula is C52H52N4O4. The number of ketones is 2. The van der Waals surface area contributed by atoms with E-state index in [9.17, 15) is 0 Å². The molecule has 6 aromatic rings. The monoisotopic (exact) mass is 796 g/mol. The number of hydrogen-bond acceptors (Lipinski definition) is 8. The van der Waals surface area contributed by atoms with Crippen molar-refractivity contribution < 1.29 is 19.1 Å². The Labute approximate surface area is 351 Å². The summed E-state index contributed by atoms with van der Waals surface area (Å²) in [4.78, 5) is 44.7. The van der Waals surface area contributed by atoms with Crippen LogP contribution in [-0.4, -0.2) is 69.6 Å². The third-order valence-corrected chi connectivity index (χ3v) is 15.1. The summed E-state index contributed by atoms with van der Waals surface area (Å²) in [5, 5.41) is 2.08. The number of carbonyl (C=O) groups excluding carboxylic acids is 2. The van der Waals surface area contributed by atoms with E-state index in [2.05, 4.69) is 60.0 Å². The van der Waals surface area contributed by atoms with Gasteiger partial charge >= 0.3 is 0 Å². The van der Waals surface area contributed by atoms with E-state index in [1.165, 1.54) is 12.8 Å². The van der Waals surface area contributed by atoms with Crippen molar-refractivity contribution in [1.29, 1.82) is 0 Å². The van der Waals surface area contributed by atoms with Gasteiger partial charge in [0, 0.05) is 58.5 Å². The Balaban J connectivity index is 1.06. The predicted octanol–water partition coefficient (Wildman–Crippen LogP) is 10.0. The lowest BCUT2D eigenvalue weighted by Gasteiger charge is -2.52. The zero-order valence-electron chi connectivity index (χ0n) is 34.5. The number of nitrogens with zero attached hydrogens (tertiary/aromatic N) is 4. The van der Waals surface area contributed by atoms with Crippen LogP contribution in [0, 0.1) is 23.7 Å². The topological polar surface area (TPSA) is 84.9 Å². The third-order valence-electron chi connectivity index (χ3n) is 15.1. The van der Waals surface area contributed by atoms with Crippen LogP contribution in [0.4, 0.5) is 0 Å². The molecule has 2 unspecified atom stereocenters. The van der Waals surface area contributed by atoms with Crippen LogP contribution in [0.2, 0.25) is 0 Å². The molecule has 304 valence electrons. The average Bonchev–Trinajstić information content (AvgIpc) is 3.31. The van der Waals surface area contributed by atoms with Crippen LogP contribution in [0.15, 0.2) is 109 Å². The smallest absolute Gasteiger partial charge is 0.198 e. The highest BCUT2D eigenvalue weighted by atomic mass is 16.5. The standard InChI is InChI=1S/C52H52N4O4/c1-3-31-29-55-25-21-33(31)27-43(55)51(39-19-23-53-41-15-9-7-11-35(39)41)59-45-17-18-46(48-47(45)49(57)37-13-5-6-14-38(37)50(48)58)60-52(40-20-24-54-42-16-10-8-12-36(40)42)44-28-34-22-26-56(44)30-32(34)4-2/h5-20,23-24,31-34,43-44,51-52H,3-4,21-22,25-30H2,1-2H3/t31-,32-,33-,34-,43+,44+,51-,52-/m0/s1. The number of para-hydroxylation sites is 2. The van der Waals surface area contributed by atoms with Crippen LogP contribution >= 0.6 is 0 Å². The van der Waals surface area contributed by atoms with Crippen molar-refractivity contribution >= 4 is 33.4 Å². The molecule has 60 heavy (non-hydrogen) atoms. The third kappa shape index (κ3) is 6.16. The lowest BCUT2D eigenvalue weighted by atomic mass is 9.72. The second-order valence-electron chi connectivity index (χ2n) is 18.0. The Morgan fingerprint density at radius 3 is 1.43 bits per heavy atom. The largest absolute Gasteiger partial charge is 0.483 e. The zero-order chi connectivity index (χ0) is 40.5. The molecule has 7 aliphatic rings. The number of hydrogen-bond donors (Lipinski definition) is 0. The molecule has 0 N–H and O–H groups in total. The molecule has 0 spiro atoms. The van der Waals surface area contributed by atoms with E-state index < -0.39 is 12.2 Å². The Morgan fingerprint density at radius 1 is 0.583 bits per heavy atom. The number of carbonyl (C=O) groups is 2. The number of piperidine rings is 6. The molecule has 8 nitrogen and oxygen atoms in total. The van der Waals surface area contributed by atoms with Crippen molar-refractivity contribution in [3.63, 3.8) is 0 Å². The van der Waals surface area contributed by atoms with Gasteiger partial charge < -0.3 is 9.47 Å². The summed E-state index contributed by atoms with van der Waals surface area (Å²) >= 11 is 0. The molecule has 8 heteroatoms. The number of ether oxygens (including phenoxy) is 2. The molecule has 10 atom stereocenters. The molecule has 1 aliphatic carbocycles. The van der Waals surface area contributed by atoms with Crippen LogP contribution < -0.4 is 9.47 Å². The maximum atomic E-state index is 15.0. The predicted molar refractivity (Wildman–Crippen MR) is 234 cm³/mol. The highest BCUT2D eigenvalue weighted by molar-refractivity contribution is 6.30. The SMILES string of the molecule is CC[C@H]1CN2CC[C@H]1C[C@@H]2[C@@H](Oc1ccc(O[C@@H](c2ccnc3ccccc23)[C@H]2C[C@@H]3CCN2C[C@@H]3CC)c2c1C(=O)c1ccccc1C2=O)c1ccnc2ccccc12. The van der Waals surface area contributed by atoms with Gasteiger partial charge in [-0.3, -0.25) is 29.4 Å². The maximum Gasteiger partial charge on any atom is 0.198 e. The van der Waals surface area contributed by atoms with Gasteiger partial charge in [0.25, 0.3) is 0 Å². The zero-order valence-corrected chi connectivity index (χ0v) is 34.5. The second-order valence-corrected chi connectivity index (χ2v) is 18.0. The fraction of sp³-hybridized carbons (Fsp3) is 0.385. The first-order chi connectivity index (χ1) is 29.5. The fourth-order valence-corrected chi connectivity index (χ4v) is 12.0. The van der Waals surface area contributed by atoms with Crippen LogP contribution in [0.25, 0.3) is 21.8 Å². The minimum atomic E-state index is -0.400. The van der Waals surface area contributed by atoms with E-state index in [0.717, 1.165) is 84.8 Å². The molecule has 0 amide bonds. The molecule has 6 aliphatic heterocycles. The summed E-state index contributed by atoms with van der Waals surface area (Å²) in [5.74, 6) is 2.97.